The van der Waals surface area contributed by atoms with E-state index in [1.165, 1.54) is 6.07 Å². The normalized spacial score (nSPS) is 11.3. The Morgan fingerprint density at radius 1 is 1.44 bits per heavy atom. The van der Waals surface area contributed by atoms with Gasteiger partial charge in [0.15, 0.2) is 0 Å². The van der Waals surface area contributed by atoms with Crippen molar-refractivity contribution in [1.82, 2.24) is 10.6 Å². The molecule has 0 unspecified atom stereocenters. The molecule has 2 N–H and O–H groups in total. The van der Waals surface area contributed by atoms with Crippen LogP contribution in [0.15, 0.2) is 12.1 Å². The summed E-state index contributed by atoms with van der Waals surface area (Å²) < 4.78 is 0. The maximum atomic E-state index is 11.5. The molecule has 0 saturated heterocycles. The van der Waals surface area contributed by atoms with Gasteiger partial charge in [-0.3, -0.25) is 14.9 Å². The van der Waals surface area contributed by atoms with Crippen molar-refractivity contribution in [3.63, 3.8) is 0 Å². The smallest absolute Gasteiger partial charge is 0.324 e. The van der Waals surface area contributed by atoms with E-state index in [9.17, 15) is 14.9 Å². The Balaban J connectivity index is 2.33. The number of thiophene rings is 1. The number of amides is 1. The summed E-state index contributed by atoms with van der Waals surface area (Å²) in [5, 5.41) is 16.4. The first-order valence-electron chi connectivity index (χ1n) is 5.53. The second-order valence-electron chi connectivity index (χ2n) is 4.90. The standard InChI is InChI=1S/C11H17N3O3S/c1-11(2,3)13-9(15)7-12-6-8-4-5-10(18-8)14(16)17/h4-5,12H,6-7H2,1-3H3,(H,13,15). The zero-order valence-corrected chi connectivity index (χ0v) is 11.5. The summed E-state index contributed by atoms with van der Waals surface area (Å²) in [5.74, 6) is -0.0893. The van der Waals surface area contributed by atoms with Gasteiger partial charge in [0.1, 0.15) is 0 Å². The summed E-state index contributed by atoms with van der Waals surface area (Å²) in [5.41, 5.74) is -0.250. The summed E-state index contributed by atoms with van der Waals surface area (Å²) in [6.45, 7) is 6.38. The van der Waals surface area contributed by atoms with Crippen LogP contribution >= 0.6 is 11.3 Å². The van der Waals surface area contributed by atoms with Gasteiger partial charge in [-0.15, -0.1) is 0 Å². The minimum atomic E-state index is -0.416. The average Bonchev–Trinajstić information content (AvgIpc) is 2.63. The third-order valence-electron chi connectivity index (χ3n) is 1.93. The lowest BCUT2D eigenvalue weighted by Gasteiger charge is -2.20. The van der Waals surface area contributed by atoms with Crippen molar-refractivity contribution < 1.29 is 9.72 Å². The Kier molecular flexibility index (Phi) is 4.80. The van der Waals surface area contributed by atoms with E-state index >= 15 is 0 Å². The molecular weight excluding hydrogens is 254 g/mol. The van der Waals surface area contributed by atoms with Crippen LogP contribution in [-0.2, 0) is 11.3 Å². The number of hydrogen-bond donors (Lipinski definition) is 2. The van der Waals surface area contributed by atoms with E-state index in [2.05, 4.69) is 10.6 Å². The fourth-order valence-electron chi connectivity index (χ4n) is 1.32. The minimum absolute atomic E-state index is 0.0893. The summed E-state index contributed by atoms with van der Waals surface area (Å²) in [7, 11) is 0. The zero-order chi connectivity index (χ0) is 13.8. The van der Waals surface area contributed by atoms with Gasteiger partial charge in [-0.05, 0) is 26.8 Å². The van der Waals surface area contributed by atoms with Crippen LogP contribution in [0.2, 0.25) is 0 Å². The van der Waals surface area contributed by atoms with Gasteiger partial charge in [0, 0.05) is 23.0 Å². The van der Waals surface area contributed by atoms with Crippen LogP contribution in [-0.4, -0.2) is 22.9 Å². The first-order valence-corrected chi connectivity index (χ1v) is 6.34. The highest BCUT2D eigenvalue weighted by atomic mass is 32.1. The first kappa shape index (κ1) is 14.6. The van der Waals surface area contributed by atoms with Crippen LogP contribution in [0, 0.1) is 10.1 Å². The highest BCUT2D eigenvalue weighted by molar-refractivity contribution is 7.15. The van der Waals surface area contributed by atoms with Crippen molar-refractivity contribution in [1.29, 1.82) is 0 Å². The summed E-state index contributed by atoms with van der Waals surface area (Å²) in [4.78, 5) is 22.4. The van der Waals surface area contributed by atoms with Gasteiger partial charge in [-0.1, -0.05) is 11.3 Å². The molecule has 0 aliphatic rings. The number of carbonyl (C=O) groups is 1. The van der Waals surface area contributed by atoms with E-state index in [-0.39, 0.29) is 23.0 Å². The van der Waals surface area contributed by atoms with Crippen molar-refractivity contribution in [3.05, 3.63) is 27.1 Å². The highest BCUT2D eigenvalue weighted by Crippen LogP contribution is 2.23. The largest absolute Gasteiger partial charge is 0.350 e. The van der Waals surface area contributed by atoms with Crippen LogP contribution < -0.4 is 10.6 Å². The van der Waals surface area contributed by atoms with Crippen molar-refractivity contribution in [3.8, 4) is 0 Å². The Hall–Kier alpha value is -1.47. The predicted octanol–water partition coefficient (Wildman–Crippen LogP) is 1.66. The molecule has 0 fully saturated rings. The molecule has 0 aromatic carbocycles. The van der Waals surface area contributed by atoms with Gasteiger partial charge in [-0.25, -0.2) is 0 Å². The molecule has 1 rings (SSSR count). The fraction of sp³-hybridized carbons (Fsp3) is 0.545. The van der Waals surface area contributed by atoms with Crippen LogP contribution in [0.1, 0.15) is 25.6 Å². The van der Waals surface area contributed by atoms with Crippen molar-refractivity contribution >= 4 is 22.2 Å². The van der Waals surface area contributed by atoms with Gasteiger partial charge < -0.3 is 10.6 Å². The molecule has 0 spiro atoms. The second-order valence-corrected chi connectivity index (χ2v) is 6.05. The number of carbonyl (C=O) groups excluding carboxylic acids is 1. The van der Waals surface area contributed by atoms with Gasteiger partial charge in [-0.2, -0.15) is 0 Å². The Labute approximate surface area is 110 Å². The SMILES string of the molecule is CC(C)(C)NC(=O)CNCc1ccc([N+](=O)[O-])s1. The van der Waals surface area contributed by atoms with Gasteiger partial charge in [0.25, 0.3) is 0 Å². The summed E-state index contributed by atoms with van der Waals surface area (Å²) in [6, 6.07) is 3.16. The van der Waals surface area contributed by atoms with Crippen molar-refractivity contribution in [2.75, 3.05) is 6.54 Å². The number of nitrogens with one attached hydrogen (secondary N) is 2. The van der Waals surface area contributed by atoms with E-state index in [0.29, 0.717) is 6.54 Å². The van der Waals surface area contributed by atoms with E-state index < -0.39 is 4.92 Å². The Morgan fingerprint density at radius 3 is 2.61 bits per heavy atom. The molecule has 1 aromatic heterocycles. The highest BCUT2D eigenvalue weighted by Gasteiger charge is 2.13. The van der Waals surface area contributed by atoms with Gasteiger partial charge in [0.05, 0.1) is 11.5 Å². The van der Waals surface area contributed by atoms with Gasteiger partial charge >= 0.3 is 5.00 Å². The molecule has 1 aromatic rings. The summed E-state index contributed by atoms with van der Waals surface area (Å²) in [6.07, 6.45) is 0. The lowest BCUT2D eigenvalue weighted by atomic mass is 10.1. The molecule has 100 valence electrons. The number of nitrogens with zero attached hydrogens (tertiary/aromatic N) is 1. The minimum Gasteiger partial charge on any atom is -0.350 e. The van der Waals surface area contributed by atoms with E-state index in [4.69, 9.17) is 0 Å². The third kappa shape index (κ3) is 5.24. The van der Waals surface area contributed by atoms with E-state index in [1.54, 1.807) is 6.07 Å². The molecule has 0 atom stereocenters. The second kappa shape index (κ2) is 5.92. The monoisotopic (exact) mass is 271 g/mol. The summed E-state index contributed by atoms with van der Waals surface area (Å²) >= 11 is 1.11. The van der Waals surface area contributed by atoms with Crippen LogP contribution in [0.4, 0.5) is 5.00 Å². The maximum Gasteiger partial charge on any atom is 0.324 e. The molecule has 0 aliphatic heterocycles. The molecule has 1 heterocycles. The van der Waals surface area contributed by atoms with Crippen molar-refractivity contribution in [2.24, 2.45) is 0 Å². The Morgan fingerprint density at radius 2 is 2.11 bits per heavy atom. The zero-order valence-electron chi connectivity index (χ0n) is 10.6. The van der Waals surface area contributed by atoms with Crippen LogP contribution in [0.3, 0.4) is 0 Å². The fourth-order valence-corrected chi connectivity index (χ4v) is 2.11. The van der Waals surface area contributed by atoms with E-state index in [0.717, 1.165) is 16.2 Å². The molecule has 0 radical (unpaired) electrons. The maximum absolute atomic E-state index is 11.5. The lowest BCUT2D eigenvalue weighted by Crippen LogP contribution is -2.44. The number of nitro groups is 1. The van der Waals surface area contributed by atoms with Crippen molar-refractivity contribution in [2.45, 2.75) is 32.9 Å². The predicted molar refractivity (Wildman–Crippen MR) is 70.6 cm³/mol. The third-order valence-corrected chi connectivity index (χ3v) is 2.96. The Bertz CT molecular complexity index is 437. The topological polar surface area (TPSA) is 84.3 Å². The molecular formula is C11H17N3O3S. The van der Waals surface area contributed by atoms with Crippen LogP contribution in [0.25, 0.3) is 0 Å². The lowest BCUT2D eigenvalue weighted by molar-refractivity contribution is -0.380. The molecule has 18 heavy (non-hydrogen) atoms. The number of hydrogen-bond acceptors (Lipinski definition) is 5. The number of rotatable bonds is 5. The molecule has 0 saturated carbocycles. The molecule has 7 heteroatoms. The van der Waals surface area contributed by atoms with Gasteiger partial charge in [0.2, 0.25) is 5.91 Å². The average molecular weight is 271 g/mol. The molecule has 0 aliphatic carbocycles. The molecule has 6 nitrogen and oxygen atoms in total. The van der Waals surface area contributed by atoms with E-state index in [1.807, 2.05) is 20.8 Å². The molecule has 1 amide bonds. The first-order chi connectivity index (χ1) is 8.28. The van der Waals surface area contributed by atoms with Crippen LogP contribution in [0.5, 0.6) is 0 Å². The quantitative estimate of drug-likeness (QED) is 0.630. The molecule has 0 bridgehead atoms.